The van der Waals surface area contributed by atoms with Crippen LogP contribution in [0.25, 0.3) is 5.70 Å². The molecule has 1 aliphatic rings. The maximum Gasteiger partial charge on any atom is 0.0679 e. The molecule has 1 fully saturated rings. The summed E-state index contributed by atoms with van der Waals surface area (Å²) < 4.78 is 5.42. The lowest BCUT2D eigenvalue weighted by atomic mass is 9.83. The van der Waals surface area contributed by atoms with Crippen molar-refractivity contribution in [2.45, 2.75) is 33.6 Å². The van der Waals surface area contributed by atoms with Crippen LogP contribution in [0.3, 0.4) is 0 Å². The fraction of sp³-hybridized carbons (Fsp3) is 0.579. The van der Waals surface area contributed by atoms with Gasteiger partial charge in [-0.1, -0.05) is 56.6 Å². The zero-order valence-corrected chi connectivity index (χ0v) is 15.3. The normalized spacial score (nSPS) is 17.3. The molecule has 4 heteroatoms. The average Bonchev–Trinajstić information content (AvgIpc) is 2.60. The lowest BCUT2D eigenvalue weighted by molar-refractivity contribution is 0.0363. The largest absolute Gasteiger partial charge is 0.379 e. The standard InChI is InChI=1S/C19H29ClN2O/c1-4-19(3,5-2)14-18(16-8-6-7-9-17(16)20)21-15-22-10-12-23-13-11-22/h6-9,14,21H,4-5,10-13,15H2,1-3H3/b18-14-. The predicted molar refractivity (Wildman–Crippen MR) is 98.5 cm³/mol. The van der Waals surface area contributed by atoms with E-state index < -0.39 is 0 Å². The number of benzene rings is 1. The molecule has 0 aliphatic carbocycles. The van der Waals surface area contributed by atoms with Crippen molar-refractivity contribution in [2.24, 2.45) is 5.41 Å². The highest BCUT2D eigenvalue weighted by Gasteiger charge is 2.20. The second-order valence-corrected chi connectivity index (χ2v) is 6.87. The highest BCUT2D eigenvalue weighted by molar-refractivity contribution is 6.32. The summed E-state index contributed by atoms with van der Waals surface area (Å²) in [6.45, 7) is 11.2. The van der Waals surface area contributed by atoms with Crippen molar-refractivity contribution in [1.29, 1.82) is 0 Å². The van der Waals surface area contributed by atoms with Gasteiger partial charge in [0.1, 0.15) is 0 Å². The van der Waals surface area contributed by atoms with Crippen LogP contribution >= 0.6 is 11.6 Å². The SMILES string of the molecule is CCC(C)(/C=C(\NCN1CCOCC1)c1ccccc1Cl)CC. The van der Waals surface area contributed by atoms with Gasteiger partial charge >= 0.3 is 0 Å². The third-order valence-corrected chi connectivity index (χ3v) is 5.20. The van der Waals surface area contributed by atoms with Crippen molar-refractivity contribution in [2.75, 3.05) is 33.0 Å². The number of nitrogens with one attached hydrogen (secondary N) is 1. The van der Waals surface area contributed by atoms with E-state index in [-0.39, 0.29) is 5.41 Å². The Bertz CT molecular complexity index is 520. The summed E-state index contributed by atoms with van der Waals surface area (Å²) in [5, 5.41) is 4.41. The minimum absolute atomic E-state index is 0.173. The van der Waals surface area contributed by atoms with Gasteiger partial charge < -0.3 is 10.1 Å². The summed E-state index contributed by atoms with van der Waals surface area (Å²) in [5.74, 6) is 0. The number of morpholine rings is 1. The van der Waals surface area contributed by atoms with E-state index in [9.17, 15) is 0 Å². The first kappa shape index (κ1) is 18.3. The molecule has 1 saturated heterocycles. The van der Waals surface area contributed by atoms with Crippen LogP contribution in [0.2, 0.25) is 5.02 Å². The molecule has 0 amide bonds. The molecule has 1 aromatic rings. The van der Waals surface area contributed by atoms with Crippen molar-refractivity contribution in [1.82, 2.24) is 10.2 Å². The summed E-state index contributed by atoms with van der Waals surface area (Å²) in [5.41, 5.74) is 2.39. The zero-order valence-electron chi connectivity index (χ0n) is 14.6. The highest BCUT2D eigenvalue weighted by Crippen LogP contribution is 2.32. The van der Waals surface area contributed by atoms with Crippen LogP contribution < -0.4 is 5.32 Å². The summed E-state index contributed by atoms with van der Waals surface area (Å²) in [6.07, 6.45) is 4.57. The molecule has 3 nitrogen and oxygen atoms in total. The average molecular weight is 337 g/mol. The van der Waals surface area contributed by atoms with Gasteiger partial charge in [-0.15, -0.1) is 0 Å². The summed E-state index contributed by atoms with van der Waals surface area (Å²) in [4.78, 5) is 2.38. The second-order valence-electron chi connectivity index (χ2n) is 6.46. The molecule has 0 spiro atoms. The van der Waals surface area contributed by atoms with Gasteiger partial charge in [-0.3, -0.25) is 4.90 Å². The van der Waals surface area contributed by atoms with Crippen LogP contribution in [0.1, 0.15) is 39.2 Å². The molecule has 0 atom stereocenters. The smallest absolute Gasteiger partial charge is 0.0679 e. The second kappa shape index (κ2) is 8.72. The molecule has 0 saturated carbocycles. The van der Waals surface area contributed by atoms with Gasteiger partial charge in [-0.25, -0.2) is 0 Å². The van der Waals surface area contributed by atoms with E-state index in [0.29, 0.717) is 0 Å². The minimum atomic E-state index is 0.173. The molecule has 23 heavy (non-hydrogen) atoms. The summed E-state index contributed by atoms with van der Waals surface area (Å²) in [7, 11) is 0. The molecule has 2 rings (SSSR count). The molecule has 1 aliphatic heterocycles. The van der Waals surface area contributed by atoms with E-state index in [0.717, 1.165) is 62.1 Å². The van der Waals surface area contributed by atoms with Crippen molar-refractivity contribution in [3.8, 4) is 0 Å². The number of nitrogens with zero attached hydrogens (tertiary/aromatic N) is 1. The number of hydrogen-bond acceptors (Lipinski definition) is 3. The van der Waals surface area contributed by atoms with Gasteiger partial charge in [0, 0.05) is 29.4 Å². The number of halogens is 1. The molecular formula is C19H29ClN2O. The highest BCUT2D eigenvalue weighted by atomic mass is 35.5. The predicted octanol–water partition coefficient (Wildman–Crippen LogP) is 4.39. The van der Waals surface area contributed by atoms with E-state index >= 15 is 0 Å². The fourth-order valence-corrected chi connectivity index (χ4v) is 2.90. The fourth-order valence-electron chi connectivity index (χ4n) is 2.66. The summed E-state index contributed by atoms with van der Waals surface area (Å²) in [6, 6.07) is 8.06. The lowest BCUT2D eigenvalue weighted by Crippen LogP contribution is -2.41. The van der Waals surface area contributed by atoms with Crippen LogP contribution in [-0.2, 0) is 4.74 Å². The first-order chi connectivity index (χ1) is 11.1. The van der Waals surface area contributed by atoms with Gasteiger partial charge in [-0.05, 0) is 24.3 Å². The van der Waals surface area contributed by atoms with Crippen molar-refractivity contribution >= 4 is 17.3 Å². The molecule has 0 unspecified atom stereocenters. The summed E-state index contributed by atoms with van der Waals surface area (Å²) >= 11 is 6.44. The quantitative estimate of drug-likeness (QED) is 0.799. The first-order valence-electron chi connectivity index (χ1n) is 8.59. The number of hydrogen-bond donors (Lipinski definition) is 1. The van der Waals surface area contributed by atoms with E-state index in [4.69, 9.17) is 16.3 Å². The van der Waals surface area contributed by atoms with E-state index in [1.807, 2.05) is 18.2 Å². The van der Waals surface area contributed by atoms with Crippen molar-refractivity contribution < 1.29 is 4.74 Å². The molecule has 1 N–H and O–H groups in total. The Morgan fingerprint density at radius 1 is 1.26 bits per heavy atom. The number of ether oxygens (including phenoxy) is 1. The minimum Gasteiger partial charge on any atom is -0.379 e. The number of rotatable bonds is 7. The third kappa shape index (κ3) is 5.23. The Hall–Kier alpha value is -1.03. The number of allylic oxidation sites excluding steroid dienone is 1. The van der Waals surface area contributed by atoms with Crippen LogP contribution in [0.5, 0.6) is 0 Å². The molecular weight excluding hydrogens is 308 g/mol. The maximum atomic E-state index is 6.44. The van der Waals surface area contributed by atoms with Crippen LogP contribution in [0, 0.1) is 5.41 Å². The Morgan fingerprint density at radius 2 is 1.91 bits per heavy atom. The Labute approximate surface area is 145 Å². The van der Waals surface area contributed by atoms with Gasteiger partial charge in [0.25, 0.3) is 0 Å². The molecule has 0 radical (unpaired) electrons. The Kier molecular flexibility index (Phi) is 6.94. The van der Waals surface area contributed by atoms with Crippen LogP contribution in [0.15, 0.2) is 30.3 Å². The van der Waals surface area contributed by atoms with Gasteiger partial charge in [0.15, 0.2) is 0 Å². The van der Waals surface area contributed by atoms with E-state index in [2.05, 4.69) is 43.1 Å². The van der Waals surface area contributed by atoms with Gasteiger partial charge in [0.2, 0.25) is 0 Å². The maximum absolute atomic E-state index is 6.44. The van der Waals surface area contributed by atoms with Crippen molar-refractivity contribution in [3.63, 3.8) is 0 Å². The molecule has 0 bridgehead atoms. The lowest BCUT2D eigenvalue weighted by Gasteiger charge is -2.29. The van der Waals surface area contributed by atoms with E-state index in [1.165, 1.54) is 0 Å². The van der Waals surface area contributed by atoms with Crippen molar-refractivity contribution in [3.05, 3.63) is 40.9 Å². The van der Waals surface area contributed by atoms with Crippen LogP contribution in [0.4, 0.5) is 0 Å². The molecule has 1 aromatic carbocycles. The first-order valence-corrected chi connectivity index (χ1v) is 8.97. The topological polar surface area (TPSA) is 24.5 Å². The van der Waals surface area contributed by atoms with Gasteiger partial charge in [0.05, 0.1) is 19.9 Å². The third-order valence-electron chi connectivity index (χ3n) is 4.87. The Balaban J connectivity index is 2.20. The molecule has 1 heterocycles. The van der Waals surface area contributed by atoms with E-state index in [1.54, 1.807) is 0 Å². The monoisotopic (exact) mass is 336 g/mol. The Morgan fingerprint density at radius 3 is 2.52 bits per heavy atom. The molecule has 128 valence electrons. The zero-order chi connectivity index (χ0) is 16.7. The van der Waals surface area contributed by atoms with Gasteiger partial charge in [-0.2, -0.15) is 0 Å². The molecule has 0 aromatic heterocycles. The van der Waals surface area contributed by atoms with Crippen LogP contribution in [-0.4, -0.2) is 37.9 Å².